The Balaban J connectivity index is 1.19. The highest BCUT2D eigenvalue weighted by atomic mass is 32.1. The fourth-order valence-electron chi connectivity index (χ4n) is 4.66. The van der Waals surface area contributed by atoms with Crippen LogP contribution >= 0.6 is 11.3 Å². The molecule has 136 valence electrons. The lowest BCUT2D eigenvalue weighted by Gasteiger charge is -2.34. The fraction of sp³-hybridized carbons (Fsp3) is 0.500. The lowest BCUT2D eigenvalue weighted by Crippen LogP contribution is -2.37. The minimum atomic E-state index is 0.559. The van der Waals surface area contributed by atoms with Gasteiger partial charge in [0, 0.05) is 42.3 Å². The molecule has 1 spiro atoms. The minimum Gasteiger partial charge on any atom is -0.303 e. The van der Waals surface area contributed by atoms with Crippen molar-refractivity contribution in [3.8, 4) is 0 Å². The lowest BCUT2D eigenvalue weighted by atomic mass is 9.92. The Morgan fingerprint density at radius 1 is 1.23 bits per heavy atom. The van der Waals surface area contributed by atoms with E-state index < -0.39 is 0 Å². The van der Waals surface area contributed by atoms with Crippen LogP contribution in [0.25, 0.3) is 5.65 Å². The fourth-order valence-corrected chi connectivity index (χ4v) is 5.34. The Labute approximate surface area is 158 Å². The highest BCUT2D eigenvalue weighted by Gasteiger charge is 2.56. The van der Waals surface area contributed by atoms with Crippen molar-refractivity contribution < 1.29 is 0 Å². The number of pyridine rings is 1. The molecule has 1 saturated carbocycles. The maximum absolute atomic E-state index is 4.44. The molecule has 5 nitrogen and oxygen atoms in total. The monoisotopic (exact) mass is 367 g/mol. The van der Waals surface area contributed by atoms with Crippen LogP contribution in [0.5, 0.6) is 0 Å². The van der Waals surface area contributed by atoms with E-state index in [1.165, 1.54) is 43.1 Å². The molecule has 1 aliphatic heterocycles. The molecule has 1 atom stereocenters. The van der Waals surface area contributed by atoms with E-state index in [9.17, 15) is 0 Å². The Morgan fingerprint density at radius 2 is 2.12 bits per heavy atom. The second kappa shape index (κ2) is 6.44. The quantitative estimate of drug-likeness (QED) is 0.693. The van der Waals surface area contributed by atoms with E-state index in [-0.39, 0.29) is 0 Å². The van der Waals surface area contributed by atoms with E-state index in [2.05, 4.69) is 61.0 Å². The lowest BCUT2D eigenvalue weighted by molar-refractivity contribution is 0.138. The van der Waals surface area contributed by atoms with Crippen molar-refractivity contribution in [1.29, 1.82) is 0 Å². The molecular weight excluding hydrogens is 342 g/mol. The van der Waals surface area contributed by atoms with Crippen molar-refractivity contribution in [3.05, 3.63) is 52.9 Å². The predicted octanol–water partition coefficient (Wildman–Crippen LogP) is 3.28. The molecule has 0 unspecified atom stereocenters. The third-order valence-electron chi connectivity index (χ3n) is 6.30. The molecule has 2 fully saturated rings. The van der Waals surface area contributed by atoms with Crippen LogP contribution < -0.4 is 0 Å². The summed E-state index contributed by atoms with van der Waals surface area (Å²) in [4.78, 5) is 14.0. The standard InChI is InChI=1S/C20H25N5S/c1-23(15-19-22-8-12-26-19)17-13-20(17)5-9-24(10-6-20)14-16-3-2-4-18-21-7-11-25(16)18/h2-4,7-8,11-12,17H,5-6,9-10,13-15H2,1H3/t17-/m0/s1. The number of nitrogens with zero attached hydrogens (tertiary/aromatic N) is 5. The SMILES string of the molecule is CN(Cc1nccs1)[C@H]1CC12CCN(Cc1cccc3nccn13)CC2. The Kier molecular flexibility index (Phi) is 4.07. The third-order valence-corrected chi connectivity index (χ3v) is 7.06. The van der Waals surface area contributed by atoms with Crippen LogP contribution in [-0.2, 0) is 13.1 Å². The summed E-state index contributed by atoms with van der Waals surface area (Å²) in [5, 5.41) is 3.31. The van der Waals surface area contributed by atoms with Gasteiger partial charge in [0.05, 0.1) is 6.54 Å². The van der Waals surface area contributed by atoms with E-state index in [0.29, 0.717) is 5.41 Å². The van der Waals surface area contributed by atoms with Crippen LogP contribution in [0.3, 0.4) is 0 Å². The molecule has 0 N–H and O–H groups in total. The van der Waals surface area contributed by atoms with Crippen molar-refractivity contribution in [2.24, 2.45) is 5.41 Å². The Morgan fingerprint density at radius 3 is 2.92 bits per heavy atom. The molecule has 3 aromatic rings. The van der Waals surface area contributed by atoms with E-state index in [1.807, 2.05) is 12.4 Å². The smallest absolute Gasteiger partial charge is 0.136 e. The first kappa shape index (κ1) is 16.4. The van der Waals surface area contributed by atoms with Crippen molar-refractivity contribution in [2.45, 2.75) is 38.4 Å². The maximum Gasteiger partial charge on any atom is 0.136 e. The number of imidazole rings is 1. The molecule has 4 heterocycles. The summed E-state index contributed by atoms with van der Waals surface area (Å²) in [6.45, 7) is 4.42. The summed E-state index contributed by atoms with van der Waals surface area (Å²) >= 11 is 1.77. The first-order chi connectivity index (χ1) is 12.7. The van der Waals surface area contributed by atoms with Crippen molar-refractivity contribution >= 4 is 17.0 Å². The number of piperidine rings is 1. The van der Waals surface area contributed by atoms with Gasteiger partial charge in [0.25, 0.3) is 0 Å². The molecular formula is C20H25N5S. The highest BCUT2D eigenvalue weighted by molar-refractivity contribution is 7.09. The zero-order chi connectivity index (χ0) is 17.6. The summed E-state index contributed by atoms with van der Waals surface area (Å²) in [6.07, 6.45) is 9.87. The average Bonchev–Trinajstić information content (AvgIpc) is 3.03. The van der Waals surface area contributed by atoms with Gasteiger partial charge in [-0.3, -0.25) is 9.80 Å². The summed E-state index contributed by atoms with van der Waals surface area (Å²) < 4.78 is 2.21. The minimum absolute atomic E-state index is 0.559. The molecule has 1 saturated heterocycles. The van der Waals surface area contributed by atoms with Gasteiger partial charge in [-0.25, -0.2) is 9.97 Å². The number of thiazole rings is 1. The van der Waals surface area contributed by atoms with E-state index in [0.717, 1.165) is 24.8 Å². The van der Waals surface area contributed by atoms with Gasteiger partial charge in [-0.2, -0.15) is 0 Å². The van der Waals surface area contributed by atoms with Gasteiger partial charge < -0.3 is 4.40 Å². The van der Waals surface area contributed by atoms with Gasteiger partial charge in [0.2, 0.25) is 0 Å². The Hall–Kier alpha value is -1.76. The number of hydrogen-bond acceptors (Lipinski definition) is 5. The number of fused-ring (bicyclic) bond motifs is 1. The molecule has 26 heavy (non-hydrogen) atoms. The highest BCUT2D eigenvalue weighted by Crippen LogP contribution is 2.56. The summed E-state index contributed by atoms with van der Waals surface area (Å²) in [6, 6.07) is 7.15. The van der Waals surface area contributed by atoms with E-state index in [1.54, 1.807) is 11.3 Å². The van der Waals surface area contributed by atoms with Crippen LogP contribution in [0.15, 0.2) is 42.2 Å². The summed E-state index contributed by atoms with van der Waals surface area (Å²) in [7, 11) is 2.27. The molecule has 0 bridgehead atoms. The molecule has 2 aliphatic rings. The van der Waals surface area contributed by atoms with Gasteiger partial charge in [-0.05, 0) is 56.9 Å². The Bertz CT molecular complexity index is 879. The number of hydrogen-bond donors (Lipinski definition) is 0. The third kappa shape index (κ3) is 2.96. The molecule has 0 radical (unpaired) electrons. The molecule has 3 aromatic heterocycles. The second-order valence-corrected chi connectivity index (χ2v) is 8.85. The molecule has 0 aromatic carbocycles. The predicted molar refractivity (Wildman–Crippen MR) is 104 cm³/mol. The van der Waals surface area contributed by atoms with Gasteiger partial charge in [0.1, 0.15) is 10.7 Å². The van der Waals surface area contributed by atoms with Gasteiger partial charge in [0.15, 0.2) is 0 Å². The zero-order valence-electron chi connectivity index (χ0n) is 15.2. The largest absolute Gasteiger partial charge is 0.303 e. The van der Waals surface area contributed by atoms with Crippen LogP contribution in [-0.4, -0.2) is 50.3 Å². The van der Waals surface area contributed by atoms with Crippen molar-refractivity contribution in [3.63, 3.8) is 0 Å². The van der Waals surface area contributed by atoms with Crippen LogP contribution in [0.4, 0.5) is 0 Å². The molecule has 6 heteroatoms. The van der Waals surface area contributed by atoms with Crippen LogP contribution in [0.2, 0.25) is 0 Å². The molecule has 1 aliphatic carbocycles. The van der Waals surface area contributed by atoms with Crippen molar-refractivity contribution in [2.75, 3.05) is 20.1 Å². The van der Waals surface area contributed by atoms with Crippen molar-refractivity contribution in [1.82, 2.24) is 24.2 Å². The average molecular weight is 368 g/mol. The van der Waals surface area contributed by atoms with E-state index in [4.69, 9.17) is 0 Å². The van der Waals surface area contributed by atoms with Gasteiger partial charge in [-0.1, -0.05) is 6.07 Å². The molecule has 0 amide bonds. The topological polar surface area (TPSA) is 36.7 Å². The maximum atomic E-state index is 4.44. The summed E-state index contributed by atoms with van der Waals surface area (Å²) in [5.41, 5.74) is 2.94. The first-order valence-corrected chi connectivity index (χ1v) is 10.3. The first-order valence-electron chi connectivity index (χ1n) is 9.45. The second-order valence-electron chi connectivity index (χ2n) is 7.87. The normalized spacial score (nSPS) is 22.5. The number of likely N-dealkylation sites (tertiary alicyclic amines) is 1. The van der Waals surface area contributed by atoms with E-state index >= 15 is 0 Å². The number of aromatic nitrogens is 3. The molecule has 5 rings (SSSR count). The van der Waals surface area contributed by atoms with Gasteiger partial charge in [-0.15, -0.1) is 11.3 Å². The van der Waals surface area contributed by atoms with Gasteiger partial charge >= 0.3 is 0 Å². The summed E-state index contributed by atoms with van der Waals surface area (Å²) in [5.74, 6) is 0. The van der Waals surface area contributed by atoms with Crippen LogP contribution in [0.1, 0.15) is 30.0 Å². The zero-order valence-corrected chi connectivity index (χ0v) is 16.0. The number of rotatable bonds is 5. The van der Waals surface area contributed by atoms with Crippen LogP contribution in [0, 0.1) is 5.41 Å².